The summed E-state index contributed by atoms with van der Waals surface area (Å²) in [5.74, 6) is 1.03. The van der Waals surface area contributed by atoms with Gasteiger partial charge in [-0.15, -0.1) is 0 Å². The van der Waals surface area contributed by atoms with Crippen molar-refractivity contribution in [2.24, 2.45) is 5.92 Å². The third-order valence-corrected chi connectivity index (χ3v) is 3.17. The van der Waals surface area contributed by atoms with Gasteiger partial charge in [-0.1, -0.05) is 13.3 Å². The molecule has 2 fully saturated rings. The SMILES string of the molecule is CCC1CCC(NC2CC2)C1. The quantitative estimate of drug-likeness (QED) is 0.656. The van der Waals surface area contributed by atoms with Gasteiger partial charge in [-0.2, -0.15) is 0 Å². The molecule has 0 amide bonds. The monoisotopic (exact) mass is 153 g/mol. The Kier molecular flexibility index (Phi) is 2.17. The minimum Gasteiger partial charge on any atom is -0.311 e. The van der Waals surface area contributed by atoms with Gasteiger partial charge in [0.2, 0.25) is 0 Å². The predicted molar refractivity (Wildman–Crippen MR) is 47.6 cm³/mol. The van der Waals surface area contributed by atoms with Crippen molar-refractivity contribution in [3.63, 3.8) is 0 Å². The van der Waals surface area contributed by atoms with E-state index in [1.807, 2.05) is 0 Å². The molecule has 2 rings (SSSR count). The van der Waals surface area contributed by atoms with Crippen molar-refractivity contribution >= 4 is 0 Å². The summed E-state index contributed by atoms with van der Waals surface area (Å²) in [4.78, 5) is 0. The molecule has 2 aliphatic rings. The van der Waals surface area contributed by atoms with Crippen LogP contribution in [0.5, 0.6) is 0 Å². The molecule has 2 atom stereocenters. The first kappa shape index (κ1) is 7.60. The third kappa shape index (κ3) is 1.96. The zero-order chi connectivity index (χ0) is 7.68. The van der Waals surface area contributed by atoms with Crippen LogP contribution in [0.25, 0.3) is 0 Å². The summed E-state index contributed by atoms with van der Waals surface area (Å²) < 4.78 is 0. The molecule has 0 spiro atoms. The Balaban J connectivity index is 1.70. The molecule has 1 heteroatoms. The second-order valence-corrected chi connectivity index (χ2v) is 4.23. The Bertz CT molecular complexity index is 129. The largest absolute Gasteiger partial charge is 0.311 e. The summed E-state index contributed by atoms with van der Waals surface area (Å²) in [6.45, 7) is 2.32. The van der Waals surface area contributed by atoms with E-state index in [1.54, 1.807) is 0 Å². The van der Waals surface area contributed by atoms with Crippen LogP contribution >= 0.6 is 0 Å². The molecule has 64 valence electrons. The second kappa shape index (κ2) is 3.14. The number of hydrogen-bond acceptors (Lipinski definition) is 1. The van der Waals surface area contributed by atoms with Crippen LogP contribution in [0.1, 0.15) is 45.4 Å². The van der Waals surface area contributed by atoms with Gasteiger partial charge in [-0.3, -0.25) is 0 Å². The van der Waals surface area contributed by atoms with Gasteiger partial charge >= 0.3 is 0 Å². The first-order valence-corrected chi connectivity index (χ1v) is 5.14. The molecule has 0 aromatic heterocycles. The molecule has 2 unspecified atom stereocenters. The Morgan fingerprint density at radius 1 is 1.09 bits per heavy atom. The van der Waals surface area contributed by atoms with E-state index < -0.39 is 0 Å². The van der Waals surface area contributed by atoms with Gasteiger partial charge in [-0.25, -0.2) is 0 Å². The highest BCUT2D eigenvalue weighted by molar-refractivity contribution is 4.88. The Hall–Kier alpha value is -0.0400. The number of nitrogens with one attached hydrogen (secondary N) is 1. The maximum Gasteiger partial charge on any atom is 0.00723 e. The van der Waals surface area contributed by atoms with Gasteiger partial charge in [0, 0.05) is 12.1 Å². The second-order valence-electron chi connectivity index (χ2n) is 4.23. The topological polar surface area (TPSA) is 12.0 Å². The molecule has 0 heterocycles. The highest BCUT2D eigenvalue weighted by Gasteiger charge is 2.29. The van der Waals surface area contributed by atoms with Gasteiger partial charge in [0.15, 0.2) is 0 Å². The van der Waals surface area contributed by atoms with E-state index in [2.05, 4.69) is 12.2 Å². The van der Waals surface area contributed by atoms with E-state index in [1.165, 1.54) is 38.5 Å². The van der Waals surface area contributed by atoms with Gasteiger partial charge in [0.1, 0.15) is 0 Å². The Morgan fingerprint density at radius 2 is 1.82 bits per heavy atom. The van der Waals surface area contributed by atoms with Crippen LogP contribution in [-0.4, -0.2) is 12.1 Å². The van der Waals surface area contributed by atoms with Crippen molar-refractivity contribution < 1.29 is 0 Å². The van der Waals surface area contributed by atoms with Crippen molar-refractivity contribution in [1.29, 1.82) is 0 Å². The minimum absolute atomic E-state index is 0.882. The molecule has 0 aromatic carbocycles. The fraction of sp³-hybridized carbons (Fsp3) is 1.00. The maximum absolute atomic E-state index is 3.72. The molecule has 0 aromatic rings. The summed E-state index contributed by atoms with van der Waals surface area (Å²) in [5, 5.41) is 3.72. The van der Waals surface area contributed by atoms with Crippen LogP contribution in [0.4, 0.5) is 0 Å². The predicted octanol–water partition coefficient (Wildman–Crippen LogP) is 2.32. The molecule has 0 aliphatic heterocycles. The van der Waals surface area contributed by atoms with Crippen LogP contribution in [0.15, 0.2) is 0 Å². The highest BCUT2D eigenvalue weighted by atomic mass is 15.0. The van der Waals surface area contributed by atoms with Crippen molar-refractivity contribution in [2.75, 3.05) is 0 Å². The standard InChI is InChI=1S/C10H19N/c1-2-8-3-4-10(7-8)11-9-5-6-9/h8-11H,2-7H2,1H3. The lowest BCUT2D eigenvalue weighted by Gasteiger charge is -2.11. The van der Waals surface area contributed by atoms with Crippen LogP contribution in [0.3, 0.4) is 0 Å². The third-order valence-electron chi connectivity index (χ3n) is 3.17. The van der Waals surface area contributed by atoms with Gasteiger partial charge in [0.25, 0.3) is 0 Å². The Morgan fingerprint density at radius 3 is 2.36 bits per heavy atom. The number of rotatable bonds is 3. The first-order valence-electron chi connectivity index (χ1n) is 5.14. The normalized spacial score (nSPS) is 37.9. The van der Waals surface area contributed by atoms with E-state index in [-0.39, 0.29) is 0 Å². The molecule has 2 aliphatic carbocycles. The lowest BCUT2D eigenvalue weighted by molar-refractivity contribution is 0.475. The average Bonchev–Trinajstić information content (AvgIpc) is 2.68. The van der Waals surface area contributed by atoms with Crippen LogP contribution < -0.4 is 5.32 Å². The summed E-state index contributed by atoms with van der Waals surface area (Å²) >= 11 is 0. The highest BCUT2D eigenvalue weighted by Crippen LogP contribution is 2.30. The molecule has 0 radical (unpaired) electrons. The fourth-order valence-corrected chi connectivity index (χ4v) is 2.18. The van der Waals surface area contributed by atoms with Crippen molar-refractivity contribution in [2.45, 2.75) is 57.5 Å². The van der Waals surface area contributed by atoms with E-state index in [4.69, 9.17) is 0 Å². The van der Waals surface area contributed by atoms with Crippen molar-refractivity contribution in [3.8, 4) is 0 Å². The van der Waals surface area contributed by atoms with E-state index in [0.29, 0.717) is 0 Å². The summed E-state index contributed by atoms with van der Waals surface area (Å²) in [7, 11) is 0. The average molecular weight is 153 g/mol. The number of hydrogen-bond donors (Lipinski definition) is 1. The van der Waals surface area contributed by atoms with E-state index >= 15 is 0 Å². The van der Waals surface area contributed by atoms with Gasteiger partial charge in [-0.05, 0) is 38.0 Å². The van der Waals surface area contributed by atoms with Crippen LogP contribution in [-0.2, 0) is 0 Å². The lowest BCUT2D eigenvalue weighted by atomic mass is 10.1. The zero-order valence-corrected chi connectivity index (χ0v) is 7.47. The molecule has 1 N–H and O–H groups in total. The van der Waals surface area contributed by atoms with Crippen molar-refractivity contribution in [3.05, 3.63) is 0 Å². The summed E-state index contributed by atoms with van der Waals surface area (Å²) in [6.07, 6.45) is 8.63. The minimum atomic E-state index is 0.882. The molecule has 0 bridgehead atoms. The molecule has 11 heavy (non-hydrogen) atoms. The maximum atomic E-state index is 3.72. The van der Waals surface area contributed by atoms with Crippen molar-refractivity contribution in [1.82, 2.24) is 5.32 Å². The van der Waals surface area contributed by atoms with Gasteiger partial charge in [0.05, 0.1) is 0 Å². The summed E-state index contributed by atoms with van der Waals surface area (Å²) in [5.41, 5.74) is 0. The molecule has 0 saturated heterocycles. The smallest absolute Gasteiger partial charge is 0.00723 e. The molecular formula is C10H19N. The van der Waals surface area contributed by atoms with Gasteiger partial charge < -0.3 is 5.32 Å². The van der Waals surface area contributed by atoms with Crippen LogP contribution in [0, 0.1) is 5.92 Å². The zero-order valence-electron chi connectivity index (χ0n) is 7.47. The van der Waals surface area contributed by atoms with E-state index in [9.17, 15) is 0 Å². The fourth-order valence-electron chi connectivity index (χ4n) is 2.18. The molecular weight excluding hydrogens is 134 g/mol. The molecule has 2 saturated carbocycles. The first-order chi connectivity index (χ1) is 5.38. The van der Waals surface area contributed by atoms with E-state index in [0.717, 1.165) is 18.0 Å². The molecule has 1 nitrogen and oxygen atoms in total. The Labute approximate surface area is 69.6 Å². The van der Waals surface area contributed by atoms with Crippen LogP contribution in [0.2, 0.25) is 0 Å². The summed E-state index contributed by atoms with van der Waals surface area (Å²) in [6, 6.07) is 1.79. The lowest BCUT2D eigenvalue weighted by Crippen LogP contribution is -2.28.